The molecule has 0 spiro atoms. The van der Waals surface area contributed by atoms with Gasteiger partial charge >= 0.3 is 0 Å². The van der Waals surface area contributed by atoms with Gasteiger partial charge in [-0.2, -0.15) is 9.29 Å². The molecule has 2 aromatic carbocycles. The van der Waals surface area contributed by atoms with Gasteiger partial charge in [-0.15, -0.1) is 0 Å². The Morgan fingerprint density at radius 1 is 1.00 bits per heavy atom. The first-order chi connectivity index (χ1) is 14.0. The Balaban J connectivity index is 1.67. The smallest absolute Gasteiger partial charge is 0.243 e. The second-order valence-electron chi connectivity index (χ2n) is 6.24. The zero-order chi connectivity index (χ0) is 20.3. The second kappa shape index (κ2) is 8.20. The van der Waals surface area contributed by atoms with Crippen LogP contribution in [0.15, 0.2) is 87.0 Å². The molecule has 29 heavy (non-hydrogen) atoms. The average molecular weight is 430 g/mol. The molecule has 0 bridgehead atoms. The number of nitrogens with zero attached hydrogens (tertiary/aromatic N) is 3. The standard InChI is InChI=1S/C20H16ClN3O4S/c21-17-7-4-8-18(11-17)29(25,26)24(12-15-5-2-1-3-6-15)13-19-22-20(23-28-19)16-9-10-27-14-16/h1-11,14H,12-13H2. The predicted molar refractivity (Wildman–Crippen MR) is 106 cm³/mol. The van der Waals surface area contributed by atoms with Crippen LogP contribution in [0.4, 0.5) is 0 Å². The molecule has 9 heteroatoms. The highest BCUT2D eigenvalue weighted by molar-refractivity contribution is 7.89. The molecule has 0 saturated heterocycles. The lowest BCUT2D eigenvalue weighted by molar-refractivity contribution is 0.312. The highest BCUT2D eigenvalue weighted by Gasteiger charge is 2.27. The van der Waals surface area contributed by atoms with E-state index in [9.17, 15) is 8.42 Å². The first-order valence-corrected chi connectivity index (χ1v) is 10.5. The van der Waals surface area contributed by atoms with Crippen LogP contribution in [0, 0.1) is 0 Å². The van der Waals surface area contributed by atoms with Gasteiger partial charge in [0, 0.05) is 11.6 Å². The fourth-order valence-corrected chi connectivity index (χ4v) is 4.45. The summed E-state index contributed by atoms with van der Waals surface area (Å²) in [6.45, 7) is 0.0493. The maximum Gasteiger partial charge on any atom is 0.243 e. The van der Waals surface area contributed by atoms with Gasteiger partial charge in [0.15, 0.2) is 0 Å². The summed E-state index contributed by atoms with van der Waals surface area (Å²) in [5.74, 6) is 0.497. The third kappa shape index (κ3) is 4.40. The molecule has 4 aromatic rings. The fraction of sp³-hybridized carbons (Fsp3) is 0.100. The number of sulfonamides is 1. The van der Waals surface area contributed by atoms with Gasteiger partial charge in [-0.25, -0.2) is 8.42 Å². The molecule has 0 aliphatic rings. The van der Waals surface area contributed by atoms with Crippen LogP contribution in [0.3, 0.4) is 0 Å². The first-order valence-electron chi connectivity index (χ1n) is 8.67. The maximum atomic E-state index is 13.3. The highest BCUT2D eigenvalue weighted by atomic mass is 35.5. The highest BCUT2D eigenvalue weighted by Crippen LogP contribution is 2.24. The fourth-order valence-electron chi connectivity index (χ4n) is 2.77. The quantitative estimate of drug-likeness (QED) is 0.433. The summed E-state index contributed by atoms with van der Waals surface area (Å²) in [7, 11) is -3.86. The lowest BCUT2D eigenvalue weighted by Gasteiger charge is -2.21. The Hall–Kier alpha value is -2.94. The van der Waals surface area contributed by atoms with Gasteiger partial charge in [0.05, 0.1) is 23.3 Å². The molecule has 0 N–H and O–H groups in total. The molecule has 4 rings (SSSR count). The van der Waals surface area contributed by atoms with Gasteiger partial charge < -0.3 is 8.94 Å². The van der Waals surface area contributed by atoms with Crippen molar-refractivity contribution in [3.05, 3.63) is 89.7 Å². The minimum absolute atomic E-state index is 0.0887. The first kappa shape index (κ1) is 19.4. The van der Waals surface area contributed by atoms with Crippen LogP contribution in [0.5, 0.6) is 0 Å². The molecule has 0 fully saturated rings. The van der Waals surface area contributed by atoms with E-state index in [4.69, 9.17) is 20.5 Å². The Kier molecular flexibility index (Phi) is 5.48. The van der Waals surface area contributed by atoms with Crippen molar-refractivity contribution >= 4 is 21.6 Å². The van der Waals surface area contributed by atoms with Crippen molar-refractivity contribution in [1.82, 2.24) is 14.4 Å². The van der Waals surface area contributed by atoms with E-state index in [0.29, 0.717) is 16.4 Å². The van der Waals surface area contributed by atoms with E-state index in [1.54, 1.807) is 18.2 Å². The molecule has 0 saturated carbocycles. The summed E-state index contributed by atoms with van der Waals surface area (Å²) in [5, 5.41) is 4.24. The third-order valence-corrected chi connectivity index (χ3v) is 6.22. The molecule has 148 valence electrons. The summed E-state index contributed by atoms with van der Waals surface area (Å²) in [5.41, 5.74) is 1.47. The van der Waals surface area contributed by atoms with Gasteiger partial charge in [0.25, 0.3) is 0 Å². The van der Waals surface area contributed by atoms with Crippen LogP contribution >= 0.6 is 11.6 Å². The summed E-state index contributed by atoms with van der Waals surface area (Å²) >= 11 is 6.00. The van der Waals surface area contributed by atoms with E-state index in [-0.39, 0.29) is 23.9 Å². The Morgan fingerprint density at radius 3 is 2.55 bits per heavy atom. The molecular formula is C20H16ClN3O4S. The van der Waals surface area contributed by atoms with Crippen molar-refractivity contribution in [3.8, 4) is 11.4 Å². The van der Waals surface area contributed by atoms with Crippen molar-refractivity contribution < 1.29 is 17.4 Å². The summed E-state index contributed by atoms with van der Waals surface area (Å²) < 4.78 is 38.2. The number of aromatic nitrogens is 2. The van der Waals surface area contributed by atoms with Gasteiger partial charge in [-0.05, 0) is 29.8 Å². The Morgan fingerprint density at radius 2 is 1.83 bits per heavy atom. The van der Waals surface area contributed by atoms with Crippen molar-refractivity contribution in [3.63, 3.8) is 0 Å². The number of hydrogen-bond donors (Lipinski definition) is 0. The Bertz CT molecular complexity index is 1190. The zero-order valence-electron chi connectivity index (χ0n) is 15.1. The largest absolute Gasteiger partial charge is 0.472 e. The van der Waals surface area contributed by atoms with E-state index in [1.165, 1.54) is 29.0 Å². The van der Waals surface area contributed by atoms with E-state index >= 15 is 0 Å². The van der Waals surface area contributed by atoms with Crippen molar-refractivity contribution in [1.29, 1.82) is 0 Å². The van der Waals surface area contributed by atoms with Crippen LogP contribution in [-0.4, -0.2) is 22.9 Å². The van der Waals surface area contributed by atoms with E-state index in [1.807, 2.05) is 30.3 Å². The van der Waals surface area contributed by atoms with Gasteiger partial charge in [-0.3, -0.25) is 0 Å². The van der Waals surface area contributed by atoms with Crippen LogP contribution in [0.1, 0.15) is 11.5 Å². The Labute approximate surface area is 172 Å². The molecule has 0 amide bonds. The van der Waals surface area contributed by atoms with Crippen LogP contribution in [0.25, 0.3) is 11.4 Å². The van der Waals surface area contributed by atoms with E-state index in [2.05, 4.69) is 10.1 Å². The van der Waals surface area contributed by atoms with Crippen LogP contribution in [-0.2, 0) is 23.1 Å². The lowest BCUT2D eigenvalue weighted by atomic mass is 10.2. The molecule has 0 unspecified atom stereocenters. The number of hydrogen-bond acceptors (Lipinski definition) is 6. The zero-order valence-corrected chi connectivity index (χ0v) is 16.7. The second-order valence-corrected chi connectivity index (χ2v) is 8.61. The van der Waals surface area contributed by atoms with Crippen LogP contribution < -0.4 is 0 Å². The molecule has 2 aromatic heterocycles. The average Bonchev–Trinajstić information content (AvgIpc) is 3.40. The SMILES string of the molecule is O=S(=O)(c1cccc(Cl)c1)N(Cc1ccccc1)Cc1nc(-c2ccoc2)no1. The topological polar surface area (TPSA) is 89.4 Å². The molecule has 7 nitrogen and oxygen atoms in total. The van der Waals surface area contributed by atoms with E-state index < -0.39 is 10.0 Å². The van der Waals surface area contributed by atoms with Gasteiger partial charge in [0.1, 0.15) is 6.26 Å². The van der Waals surface area contributed by atoms with Crippen molar-refractivity contribution in [2.45, 2.75) is 18.0 Å². The monoisotopic (exact) mass is 429 g/mol. The molecule has 2 heterocycles. The molecule has 0 radical (unpaired) electrons. The molecule has 0 aliphatic carbocycles. The van der Waals surface area contributed by atoms with Gasteiger partial charge in [-0.1, -0.05) is 53.2 Å². The maximum absolute atomic E-state index is 13.3. The minimum Gasteiger partial charge on any atom is -0.472 e. The molecule has 0 aliphatic heterocycles. The van der Waals surface area contributed by atoms with E-state index in [0.717, 1.165) is 5.56 Å². The molecule has 0 atom stereocenters. The normalized spacial score (nSPS) is 11.8. The summed E-state index contributed by atoms with van der Waals surface area (Å²) in [6, 6.07) is 17.1. The lowest BCUT2D eigenvalue weighted by Crippen LogP contribution is -2.30. The number of rotatable bonds is 7. The number of halogens is 1. The third-order valence-electron chi connectivity index (χ3n) is 4.19. The summed E-state index contributed by atoms with van der Waals surface area (Å²) in [4.78, 5) is 4.38. The van der Waals surface area contributed by atoms with Gasteiger partial charge in [0.2, 0.25) is 21.7 Å². The number of benzene rings is 2. The minimum atomic E-state index is -3.86. The molecular weight excluding hydrogens is 414 g/mol. The summed E-state index contributed by atoms with van der Waals surface area (Å²) in [6.07, 6.45) is 2.98. The van der Waals surface area contributed by atoms with Crippen molar-refractivity contribution in [2.24, 2.45) is 0 Å². The van der Waals surface area contributed by atoms with Crippen molar-refractivity contribution in [2.75, 3.05) is 0 Å². The number of furan rings is 1. The predicted octanol–water partition coefficient (Wildman–Crippen LogP) is 4.37. The van der Waals surface area contributed by atoms with Crippen LogP contribution in [0.2, 0.25) is 5.02 Å².